The van der Waals surface area contributed by atoms with Crippen LogP contribution in [-0.2, 0) is 18.9 Å². The Kier molecular flexibility index (Phi) is 6.21. The normalized spacial score (nSPS) is 11.0. The van der Waals surface area contributed by atoms with Gasteiger partial charge in [-0.05, 0) is 30.2 Å². The van der Waals surface area contributed by atoms with E-state index in [-0.39, 0.29) is 23.7 Å². The van der Waals surface area contributed by atoms with Crippen LogP contribution in [0.1, 0.15) is 42.5 Å². The standard InChI is InChI=1S/C17H24N4O.ClH/c1-17(2,3)15-11-14(21(4)20-15)16(22)19-10-9-12-5-7-13(18)8-6-12;/h5-8,11H,9-10,18H2,1-4H3,(H,19,22);1H. The van der Waals surface area contributed by atoms with Crippen LogP contribution in [-0.4, -0.2) is 22.2 Å². The van der Waals surface area contributed by atoms with Gasteiger partial charge in [-0.15, -0.1) is 12.4 Å². The lowest BCUT2D eigenvalue weighted by Gasteiger charge is -2.13. The summed E-state index contributed by atoms with van der Waals surface area (Å²) in [4.78, 5) is 12.3. The van der Waals surface area contributed by atoms with Crippen molar-refractivity contribution in [3.63, 3.8) is 0 Å². The molecule has 126 valence electrons. The first-order chi connectivity index (χ1) is 10.3. The molecule has 0 spiro atoms. The second kappa shape index (κ2) is 7.51. The molecule has 1 aromatic carbocycles. The Hall–Kier alpha value is -2.01. The number of carbonyl (C=O) groups is 1. The third-order valence-corrected chi connectivity index (χ3v) is 3.56. The van der Waals surface area contributed by atoms with Crippen LogP contribution in [0.15, 0.2) is 30.3 Å². The Morgan fingerprint density at radius 3 is 2.39 bits per heavy atom. The summed E-state index contributed by atoms with van der Waals surface area (Å²) in [5.74, 6) is -0.0963. The van der Waals surface area contributed by atoms with Gasteiger partial charge in [-0.2, -0.15) is 5.10 Å². The van der Waals surface area contributed by atoms with Crippen LogP contribution in [0.3, 0.4) is 0 Å². The number of hydrogen-bond acceptors (Lipinski definition) is 3. The molecule has 5 nitrogen and oxygen atoms in total. The summed E-state index contributed by atoms with van der Waals surface area (Å²) in [7, 11) is 1.80. The van der Waals surface area contributed by atoms with E-state index >= 15 is 0 Å². The highest BCUT2D eigenvalue weighted by Crippen LogP contribution is 2.21. The summed E-state index contributed by atoms with van der Waals surface area (Å²) in [5.41, 5.74) is 8.98. The number of halogens is 1. The molecule has 2 aromatic rings. The van der Waals surface area contributed by atoms with Crippen molar-refractivity contribution >= 4 is 24.0 Å². The Bertz CT molecular complexity index is 656. The number of nitrogens with two attached hydrogens (primary N) is 1. The molecular weight excluding hydrogens is 312 g/mol. The molecule has 0 radical (unpaired) electrons. The number of aryl methyl sites for hydroxylation is 1. The van der Waals surface area contributed by atoms with Crippen molar-refractivity contribution in [1.82, 2.24) is 15.1 Å². The molecule has 1 heterocycles. The Morgan fingerprint density at radius 1 is 1.26 bits per heavy atom. The average molecular weight is 337 g/mol. The predicted octanol–water partition coefficient (Wildman–Crippen LogP) is 2.69. The monoisotopic (exact) mass is 336 g/mol. The van der Waals surface area contributed by atoms with Gasteiger partial charge >= 0.3 is 0 Å². The van der Waals surface area contributed by atoms with Crippen LogP contribution in [0.5, 0.6) is 0 Å². The minimum atomic E-state index is -0.0963. The van der Waals surface area contributed by atoms with Crippen LogP contribution in [0, 0.1) is 0 Å². The maximum absolute atomic E-state index is 12.3. The molecule has 23 heavy (non-hydrogen) atoms. The minimum absolute atomic E-state index is 0. The van der Waals surface area contributed by atoms with Crippen molar-refractivity contribution in [1.29, 1.82) is 0 Å². The zero-order chi connectivity index (χ0) is 16.3. The molecule has 0 saturated carbocycles. The number of nitrogen functional groups attached to an aromatic ring is 1. The van der Waals surface area contributed by atoms with Gasteiger partial charge in [0.25, 0.3) is 5.91 Å². The smallest absolute Gasteiger partial charge is 0.269 e. The van der Waals surface area contributed by atoms with Crippen molar-refractivity contribution in [2.24, 2.45) is 7.05 Å². The fraction of sp³-hybridized carbons (Fsp3) is 0.412. The van der Waals surface area contributed by atoms with Crippen LogP contribution in [0.25, 0.3) is 0 Å². The average Bonchev–Trinajstić information content (AvgIpc) is 2.83. The number of hydrogen-bond donors (Lipinski definition) is 2. The van der Waals surface area contributed by atoms with E-state index in [0.717, 1.165) is 23.4 Å². The number of carbonyl (C=O) groups excluding carboxylic acids is 1. The maximum Gasteiger partial charge on any atom is 0.269 e. The van der Waals surface area contributed by atoms with Gasteiger partial charge in [-0.1, -0.05) is 32.9 Å². The summed E-state index contributed by atoms with van der Waals surface area (Å²) in [6.45, 7) is 6.83. The van der Waals surface area contributed by atoms with Gasteiger partial charge in [0.2, 0.25) is 0 Å². The van der Waals surface area contributed by atoms with Crippen LogP contribution in [0.4, 0.5) is 5.69 Å². The minimum Gasteiger partial charge on any atom is -0.399 e. The largest absolute Gasteiger partial charge is 0.399 e. The predicted molar refractivity (Wildman–Crippen MR) is 96.0 cm³/mol. The number of benzene rings is 1. The zero-order valence-corrected chi connectivity index (χ0v) is 14.9. The maximum atomic E-state index is 12.3. The van der Waals surface area contributed by atoms with Gasteiger partial charge < -0.3 is 11.1 Å². The van der Waals surface area contributed by atoms with Gasteiger partial charge in [-0.25, -0.2) is 0 Å². The summed E-state index contributed by atoms with van der Waals surface area (Å²) >= 11 is 0. The Balaban J connectivity index is 0.00000264. The van der Waals surface area contributed by atoms with Crippen molar-refractivity contribution in [3.05, 3.63) is 47.3 Å². The molecule has 3 N–H and O–H groups in total. The summed E-state index contributed by atoms with van der Waals surface area (Å²) in [6, 6.07) is 9.55. The van der Waals surface area contributed by atoms with E-state index in [1.807, 2.05) is 30.3 Å². The highest BCUT2D eigenvalue weighted by atomic mass is 35.5. The summed E-state index contributed by atoms with van der Waals surface area (Å²) < 4.78 is 1.64. The Morgan fingerprint density at radius 2 is 1.87 bits per heavy atom. The fourth-order valence-corrected chi connectivity index (χ4v) is 2.14. The third-order valence-electron chi connectivity index (χ3n) is 3.56. The third kappa shape index (κ3) is 4.99. The van der Waals surface area contributed by atoms with Crippen molar-refractivity contribution in [3.8, 4) is 0 Å². The molecule has 0 atom stereocenters. The van der Waals surface area contributed by atoms with Gasteiger partial charge in [-0.3, -0.25) is 9.48 Å². The summed E-state index contributed by atoms with van der Waals surface area (Å²) in [6.07, 6.45) is 0.774. The lowest BCUT2D eigenvalue weighted by Crippen LogP contribution is -2.27. The molecule has 0 aliphatic carbocycles. The van der Waals surface area contributed by atoms with E-state index in [4.69, 9.17) is 5.73 Å². The van der Waals surface area contributed by atoms with E-state index in [0.29, 0.717) is 12.2 Å². The van der Waals surface area contributed by atoms with Gasteiger partial charge in [0.05, 0.1) is 5.69 Å². The number of anilines is 1. The number of aromatic nitrogens is 2. The number of amides is 1. The molecule has 0 bridgehead atoms. The van der Waals surface area contributed by atoms with Crippen LogP contribution < -0.4 is 11.1 Å². The van der Waals surface area contributed by atoms with E-state index < -0.39 is 0 Å². The lowest BCUT2D eigenvalue weighted by atomic mass is 9.92. The van der Waals surface area contributed by atoms with E-state index in [1.54, 1.807) is 11.7 Å². The molecule has 0 fully saturated rings. The van der Waals surface area contributed by atoms with Crippen LogP contribution in [0.2, 0.25) is 0 Å². The molecule has 1 aromatic heterocycles. The topological polar surface area (TPSA) is 72.9 Å². The number of rotatable bonds is 4. The molecular formula is C17H25ClN4O. The zero-order valence-electron chi connectivity index (χ0n) is 14.1. The molecule has 6 heteroatoms. The number of nitrogens with zero attached hydrogens (tertiary/aromatic N) is 2. The molecule has 0 saturated heterocycles. The second-order valence-corrected chi connectivity index (χ2v) is 6.54. The SMILES string of the molecule is Cl.Cn1nc(C(C)(C)C)cc1C(=O)NCCc1ccc(N)cc1. The first-order valence-corrected chi connectivity index (χ1v) is 7.44. The lowest BCUT2D eigenvalue weighted by molar-refractivity contribution is 0.0944. The molecule has 0 aliphatic heterocycles. The summed E-state index contributed by atoms with van der Waals surface area (Å²) in [5, 5.41) is 7.36. The molecule has 0 unspecified atom stereocenters. The molecule has 1 amide bonds. The first kappa shape index (κ1) is 19.0. The molecule has 0 aliphatic rings. The second-order valence-electron chi connectivity index (χ2n) is 6.54. The quantitative estimate of drug-likeness (QED) is 0.843. The van der Waals surface area contributed by atoms with Gasteiger partial charge in [0, 0.05) is 24.7 Å². The van der Waals surface area contributed by atoms with Crippen molar-refractivity contribution in [2.45, 2.75) is 32.6 Å². The van der Waals surface area contributed by atoms with E-state index in [9.17, 15) is 4.79 Å². The van der Waals surface area contributed by atoms with Crippen molar-refractivity contribution < 1.29 is 4.79 Å². The van der Waals surface area contributed by atoms with Crippen molar-refractivity contribution in [2.75, 3.05) is 12.3 Å². The van der Waals surface area contributed by atoms with E-state index in [1.165, 1.54) is 0 Å². The first-order valence-electron chi connectivity index (χ1n) is 7.44. The number of nitrogens with one attached hydrogen (secondary N) is 1. The van der Waals surface area contributed by atoms with Gasteiger partial charge in [0.15, 0.2) is 0 Å². The fourth-order valence-electron chi connectivity index (χ4n) is 2.14. The van der Waals surface area contributed by atoms with Gasteiger partial charge in [0.1, 0.15) is 5.69 Å². The van der Waals surface area contributed by atoms with Crippen LogP contribution >= 0.6 is 12.4 Å². The molecule has 2 rings (SSSR count). The highest BCUT2D eigenvalue weighted by molar-refractivity contribution is 5.92. The van der Waals surface area contributed by atoms with E-state index in [2.05, 4.69) is 31.2 Å². The Labute approximate surface area is 143 Å². The highest BCUT2D eigenvalue weighted by Gasteiger charge is 2.21.